The fourth-order valence-electron chi connectivity index (χ4n) is 4.48. The van der Waals surface area contributed by atoms with Crippen LogP contribution in [0.2, 0.25) is 0 Å². The molecule has 1 atom stereocenters. The smallest absolute Gasteiger partial charge is 0.223 e. The summed E-state index contributed by atoms with van der Waals surface area (Å²) in [5.41, 5.74) is 2.33. The Hall–Kier alpha value is -3.14. The first kappa shape index (κ1) is 21.1. The molecule has 1 saturated heterocycles. The highest BCUT2D eigenvalue weighted by Gasteiger charge is 2.28. The summed E-state index contributed by atoms with van der Waals surface area (Å²) >= 11 is 0. The standard InChI is InChI=1S/C27H30N2O2/c1-20(24-13-7-11-22-10-5-6-12-25(22)24)28-27(31)23-16-18-29(19-17-23)26(30)15-14-21-8-3-2-4-9-21/h2-13,20,23H,14-19H2,1H3,(H,28,31). The molecule has 0 saturated carbocycles. The average Bonchev–Trinajstić information content (AvgIpc) is 2.82. The van der Waals surface area contributed by atoms with E-state index in [0.29, 0.717) is 19.5 Å². The van der Waals surface area contributed by atoms with Crippen molar-refractivity contribution in [1.82, 2.24) is 10.2 Å². The first-order valence-corrected chi connectivity index (χ1v) is 11.2. The largest absolute Gasteiger partial charge is 0.349 e. The van der Waals surface area contributed by atoms with Crippen molar-refractivity contribution in [3.63, 3.8) is 0 Å². The minimum Gasteiger partial charge on any atom is -0.349 e. The minimum absolute atomic E-state index is 0.0319. The van der Waals surface area contributed by atoms with Crippen molar-refractivity contribution in [3.05, 3.63) is 83.9 Å². The summed E-state index contributed by atoms with van der Waals surface area (Å²) in [5, 5.41) is 5.57. The quantitative estimate of drug-likeness (QED) is 0.624. The van der Waals surface area contributed by atoms with E-state index >= 15 is 0 Å². The van der Waals surface area contributed by atoms with Gasteiger partial charge in [-0.2, -0.15) is 0 Å². The number of piperidine rings is 1. The van der Waals surface area contributed by atoms with E-state index in [9.17, 15) is 9.59 Å². The molecule has 1 aliphatic rings. The van der Waals surface area contributed by atoms with Gasteiger partial charge in [-0.25, -0.2) is 0 Å². The maximum atomic E-state index is 12.9. The van der Waals surface area contributed by atoms with Crippen LogP contribution in [0.25, 0.3) is 10.8 Å². The molecule has 2 amide bonds. The number of nitrogens with one attached hydrogen (secondary N) is 1. The zero-order valence-electron chi connectivity index (χ0n) is 18.1. The van der Waals surface area contributed by atoms with Crippen molar-refractivity contribution in [2.75, 3.05) is 13.1 Å². The lowest BCUT2D eigenvalue weighted by molar-refractivity contribution is -0.135. The van der Waals surface area contributed by atoms with Crippen molar-refractivity contribution in [1.29, 1.82) is 0 Å². The lowest BCUT2D eigenvalue weighted by Gasteiger charge is -2.32. The first-order chi connectivity index (χ1) is 15.1. The Kier molecular flexibility index (Phi) is 6.66. The molecular formula is C27H30N2O2. The average molecular weight is 415 g/mol. The van der Waals surface area contributed by atoms with Crippen LogP contribution in [0.5, 0.6) is 0 Å². The molecule has 4 rings (SSSR count). The second-order valence-corrected chi connectivity index (χ2v) is 8.44. The van der Waals surface area contributed by atoms with Crippen LogP contribution in [0, 0.1) is 5.92 Å². The SMILES string of the molecule is CC(NC(=O)C1CCN(C(=O)CCc2ccccc2)CC1)c1cccc2ccccc12. The Morgan fingerprint density at radius 2 is 1.61 bits per heavy atom. The topological polar surface area (TPSA) is 49.4 Å². The molecular weight excluding hydrogens is 384 g/mol. The van der Waals surface area contributed by atoms with E-state index in [4.69, 9.17) is 0 Å². The number of hydrogen-bond acceptors (Lipinski definition) is 2. The maximum absolute atomic E-state index is 12.9. The van der Waals surface area contributed by atoms with Crippen LogP contribution in [0.15, 0.2) is 72.8 Å². The normalized spacial score (nSPS) is 15.6. The van der Waals surface area contributed by atoms with E-state index in [2.05, 4.69) is 41.7 Å². The van der Waals surface area contributed by atoms with E-state index in [1.165, 1.54) is 16.3 Å². The van der Waals surface area contributed by atoms with Crippen LogP contribution < -0.4 is 5.32 Å². The fourth-order valence-corrected chi connectivity index (χ4v) is 4.48. The predicted molar refractivity (Wildman–Crippen MR) is 125 cm³/mol. The summed E-state index contributed by atoms with van der Waals surface area (Å²) < 4.78 is 0. The number of nitrogens with zero attached hydrogens (tertiary/aromatic N) is 1. The minimum atomic E-state index is -0.0517. The van der Waals surface area contributed by atoms with Crippen molar-refractivity contribution < 1.29 is 9.59 Å². The number of likely N-dealkylation sites (tertiary alicyclic amines) is 1. The number of carbonyl (C=O) groups is 2. The number of aryl methyl sites for hydroxylation is 1. The molecule has 160 valence electrons. The van der Waals surface area contributed by atoms with Gasteiger partial charge in [0.25, 0.3) is 0 Å². The Balaban J connectivity index is 1.28. The number of hydrogen-bond donors (Lipinski definition) is 1. The van der Waals surface area contributed by atoms with Crippen molar-refractivity contribution >= 4 is 22.6 Å². The predicted octanol–water partition coefficient (Wildman–Crippen LogP) is 4.89. The van der Waals surface area contributed by atoms with Gasteiger partial charge in [0.2, 0.25) is 11.8 Å². The van der Waals surface area contributed by atoms with Crippen molar-refractivity contribution in [2.24, 2.45) is 5.92 Å². The molecule has 1 fully saturated rings. The zero-order valence-corrected chi connectivity index (χ0v) is 18.1. The highest BCUT2D eigenvalue weighted by Crippen LogP contribution is 2.25. The molecule has 1 N–H and O–H groups in total. The van der Waals surface area contributed by atoms with Gasteiger partial charge in [0.15, 0.2) is 0 Å². The molecule has 3 aromatic rings. The molecule has 0 aromatic heterocycles. The number of amides is 2. The van der Waals surface area contributed by atoms with Gasteiger partial charge in [-0.15, -0.1) is 0 Å². The van der Waals surface area contributed by atoms with Gasteiger partial charge in [0.05, 0.1) is 6.04 Å². The molecule has 1 unspecified atom stereocenters. The van der Waals surface area contributed by atoms with E-state index in [1.54, 1.807) is 0 Å². The summed E-state index contributed by atoms with van der Waals surface area (Å²) in [5.74, 6) is 0.249. The van der Waals surface area contributed by atoms with Gasteiger partial charge in [0.1, 0.15) is 0 Å². The number of benzene rings is 3. The number of fused-ring (bicyclic) bond motifs is 1. The van der Waals surface area contributed by atoms with Crippen molar-refractivity contribution in [2.45, 2.75) is 38.6 Å². The van der Waals surface area contributed by atoms with Crippen LogP contribution in [0.3, 0.4) is 0 Å². The molecule has 3 aromatic carbocycles. The molecule has 0 radical (unpaired) electrons. The number of carbonyl (C=O) groups excluding carboxylic acids is 2. The van der Waals surface area contributed by atoms with Crippen LogP contribution in [0.4, 0.5) is 0 Å². The fraction of sp³-hybridized carbons (Fsp3) is 0.333. The van der Waals surface area contributed by atoms with E-state index in [0.717, 1.165) is 24.8 Å². The Morgan fingerprint density at radius 3 is 2.39 bits per heavy atom. The van der Waals surface area contributed by atoms with Gasteiger partial charge in [0, 0.05) is 25.4 Å². The molecule has 4 nitrogen and oxygen atoms in total. The van der Waals surface area contributed by atoms with Gasteiger partial charge in [-0.3, -0.25) is 9.59 Å². The third-order valence-electron chi connectivity index (χ3n) is 6.34. The Morgan fingerprint density at radius 1 is 0.935 bits per heavy atom. The summed E-state index contributed by atoms with van der Waals surface area (Å²) in [7, 11) is 0. The first-order valence-electron chi connectivity index (χ1n) is 11.2. The Labute approximate surface area is 184 Å². The van der Waals surface area contributed by atoms with Crippen LogP contribution in [0.1, 0.15) is 43.4 Å². The highest BCUT2D eigenvalue weighted by atomic mass is 16.2. The highest BCUT2D eigenvalue weighted by molar-refractivity contribution is 5.87. The van der Waals surface area contributed by atoms with E-state index in [-0.39, 0.29) is 23.8 Å². The van der Waals surface area contributed by atoms with Crippen LogP contribution in [-0.4, -0.2) is 29.8 Å². The molecule has 0 bridgehead atoms. The third kappa shape index (κ3) is 5.13. The van der Waals surface area contributed by atoms with E-state index in [1.807, 2.05) is 48.2 Å². The van der Waals surface area contributed by atoms with Gasteiger partial charge < -0.3 is 10.2 Å². The number of rotatable bonds is 6. The zero-order chi connectivity index (χ0) is 21.6. The monoisotopic (exact) mass is 414 g/mol. The van der Waals surface area contributed by atoms with E-state index < -0.39 is 0 Å². The van der Waals surface area contributed by atoms with Gasteiger partial charge in [-0.1, -0.05) is 72.8 Å². The molecule has 0 aliphatic carbocycles. The van der Waals surface area contributed by atoms with Gasteiger partial charge in [-0.05, 0) is 48.1 Å². The molecule has 1 aliphatic heterocycles. The maximum Gasteiger partial charge on any atom is 0.223 e. The summed E-state index contributed by atoms with van der Waals surface area (Å²) in [6, 6.07) is 24.5. The summed E-state index contributed by atoms with van der Waals surface area (Å²) in [6.07, 6.45) is 2.75. The summed E-state index contributed by atoms with van der Waals surface area (Å²) in [6.45, 7) is 3.37. The second-order valence-electron chi connectivity index (χ2n) is 8.44. The lowest BCUT2D eigenvalue weighted by atomic mass is 9.94. The van der Waals surface area contributed by atoms with Crippen LogP contribution >= 0.6 is 0 Å². The van der Waals surface area contributed by atoms with Gasteiger partial charge >= 0.3 is 0 Å². The molecule has 31 heavy (non-hydrogen) atoms. The summed E-state index contributed by atoms with van der Waals surface area (Å²) in [4.78, 5) is 27.4. The lowest BCUT2D eigenvalue weighted by Crippen LogP contribution is -2.43. The molecule has 4 heteroatoms. The Bertz CT molecular complexity index is 1030. The second kappa shape index (κ2) is 9.78. The molecule has 1 heterocycles. The van der Waals surface area contributed by atoms with Crippen molar-refractivity contribution in [3.8, 4) is 0 Å². The molecule has 0 spiro atoms. The van der Waals surface area contributed by atoms with Crippen LogP contribution in [-0.2, 0) is 16.0 Å². The third-order valence-corrected chi connectivity index (χ3v) is 6.34.